The third kappa shape index (κ3) is 6.16. The van der Waals surface area contributed by atoms with Crippen LogP contribution in [0.2, 0.25) is 0 Å². The maximum Gasteiger partial charge on any atom is 0.316 e. The molecule has 7 nitrogen and oxygen atoms in total. The number of nitrogens with one attached hydrogen (secondary N) is 1. The quantitative estimate of drug-likeness (QED) is 0.348. The van der Waals surface area contributed by atoms with Gasteiger partial charge in [-0.25, -0.2) is 18.3 Å². The molecule has 3 aromatic rings. The zero-order chi connectivity index (χ0) is 23.3. The van der Waals surface area contributed by atoms with E-state index in [9.17, 15) is 13.3 Å². The van der Waals surface area contributed by atoms with E-state index in [4.69, 9.17) is 5.21 Å². The number of hydrogen-bond acceptors (Lipinski definition) is 4. The van der Waals surface area contributed by atoms with Crippen molar-refractivity contribution in [3.05, 3.63) is 82.3 Å². The van der Waals surface area contributed by atoms with Gasteiger partial charge in [0.2, 0.25) is 10.0 Å². The van der Waals surface area contributed by atoms with Crippen LogP contribution in [0.15, 0.2) is 60.7 Å². The predicted molar refractivity (Wildman–Crippen MR) is 129 cm³/mol. The highest BCUT2D eigenvalue weighted by molar-refractivity contribution is 7.89. The lowest BCUT2D eigenvalue weighted by molar-refractivity contribution is -0.729. The molecule has 0 aliphatic carbocycles. The Kier molecular flexibility index (Phi) is 7.37. The standard InChI is InChI=1S/C25H30N3O4S/c29-28(30)24-11-10-20-12-16-27(19-23(20)18-24)15-4-3-14-26-33(31,32)17-13-22-8-5-7-21-6-1-2-9-25(21)22/h1-2,5-11,18,26H,3-4,12-17,19H2,(H,29,30)/q+1. The molecule has 0 bridgehead atoms. The molecule has 2 N–H and O–H groups in total. The highest BCUT2D eigenvalue weighted by Crippen LogP contribution is 2.24. The molecule has 3 aromatic carbocycles. The number of unbranched alkanes of at least 4 members (excludes halogenated alkanes) is 1. The van der Waals surface area contributed by atoms with Gasteiger partial charge in [-0.05, 0) is 59.7 Å². The van der Waals surface area contributed by atoms with Gasteiger partial charge in [-0.2, -0.15) is 0 Å². The van der Waals surface area contributed by atoms with Gasteiger partial charge >= 0.3 is 5.69 Å². The molecule has 0 saturated heterocycles. The lowest BCUT2D eigenvalue weighted by atomic mass is 9.99. The van der Waals surface area contributed by atoms with Crippen LogP contribution in [0.1, 0.15) is 29.5 Å². The first-order chi connectivity index (χ1) is 15.9. The Balaban J connectivity index is 1.20. The monoisotopic (exact) mass is 468 g/mol. The summed E-state index contributed by atoms with van der Waals surface area (Å²) < 4.78 is 27.7. The van der Waals surface area contributed by atoms with Gasteiger partial charge in [0.25, 0.3) is 4.92 Å². The van der Waals surface area contributed by atoms with E-state index in [1.165, 1.54) is 5.56 Å². The number of sulfonamides is 1. The first-order valence-corrected chi connectivity index (χ1v) is 13.0. The fraction of sp³-hybridized carbons (Fsp3) is 0.360. The number of benzene rings is 3. The van der Waals surface area contributed by atoms with Crippen molar-refractivity contribution < 1.29 is 18.5 Å². The minimum Gasteiger partial charge on any atom is -0.299 e. The van der Waals surface area contributed by atoms with Crippen molar-refractivity contribution in [3.63, 3.8) is 0 Å². The van der Waals surface area contributed by atoms with E-state index < -0.39 is 10.0 Å². The summed E-state index contributed by atoms with van der Waals surface area (Å²) in [5, 5.41) is 11.3. The molecule has 1 aliphatic heterocycles. The number of fused-ring (bicyclic) bond motifs is 2. The highest BCUT2D eigenvalue weighted by Gasteiger charge is 2.20. The van der Waals surface area contributed by atoms with Crippen molar-refractivity contribution in [3.8, 4) is 0 Å². The van der Waals surface area contributed by atoms with Crippen LogP contribution in [-0.2, 0) is 29.4 Å². The zero-order valence-electron chi connectivity index (χ0n) is 18.6. The second kappa shape index (κ2) is 10.4. The Hall–Kier alpha value is -2.81. The molecule has 0 saturated carbocycles. The number of hydrogen-bond donors (Lipinski definition) is 2. The van der Waals surface area contributed by atoms with Crippen LogP contribution in [0.4, 0.5) is 5.69 Å². The molecule has 0 amide bonds. The minimum absolute atomic E-state index is 0.0772. The molecule has 33 heavy (non-hydrogen) atoms. The van der Waals surface area contributed by atoms with Crippen LogP contribution in [0.25, 0.3) is 10.8 Å². The lowest BCUT2D eigenvalue weighted by Crippen LogP contribution is -2.32. The normalized spacial score (nSPS) is 14.3. The van der Waals surface area contributed by atoms with E-state index in [-0.39, 0.29) is 16.4 Å². The molecule has 0 radical (unpaired) electrons. The maximum atomic E-state index is 12.5. The smallest absolute Gasteiger partial charge is 0.299 e. The lowest BCUT2D eigenvalue weighted by Gasteiger charge is -2.28. The molecule has 0 spiro atoms. The topological polar surface area (TPSA) is 89.7 Å². The van der Waals surface area contributed by atoms with Gasteiger partial charge in [-0.3, -0.25) is 4.90 Å². The van der Waals surface area contributed by atoms with Crippen LogP contribution in [0, 0.1) is 4.91 Å². The second-order valence-electron chi connectivity index (χ2n) is 8.56. The Bertz CT molecular complexity index is 1240. The van der Waals surface area contributed by atoms with Crippen LogP contribution < -0.4 is 4.72 Å². The molecule has 174 valence electrons. The number of aryl methyl sites for hydroxylation is 1. The van der Waals surface area contributed by atoms with Crippen molar-refractivity contribution in [2.75, 3.05) is 25.4 Å². The van der Waals surface area contributed by atoms with Gasteiger partial charge in [0.1, 0.15) is 0 Å². The van der Waals surface area contributed by atoms with Crippen molar-refractivity contribution >= 4 is 26.5 Å². The maximum absolute atomic E-state index is 12.5. The molecular formula is C25H30N3O4S+. The van der Waals surface area contributed by atoms with Crippen LogP contribution >= 0.6 is 0 Å². The number of nitrogens with zero attached hydrogens (tertiary/aromatic N) is 2. The zero-order valence-corrected chi connectivity index (χ0v) is 19.4. The van der Waals surface area contributed by atoms with E-state index in [0.717, 1.165) is 60.8 Å². The van der Waals surface area contributed by atoms with Gasteiger partial charge in [0.05, 0.1) is 10.7 Å². The first-order valence-electron chi connectivity index (χ1n) is 11.4. The Morgan fingerprint density at radius 2 is 1.82 bits per heavy atom. The Morgan fingerprint density at radius 3 is 2.67 bits per heavy atom. The SMILES string of the molecule is O=[N+](O)c1ccc2c(c1)CN(CCCCNS(=O)(=O)CCc1cccc3ccccc13)CC2. The second-order valence-corrected chi connectivity index (χ2v) is 10.5. The van der Waals surface area contributed by atoms with Crippen molar-refractivity contribution in [2.24, 2.45) is 0 Å². The van der Waals surface area contributed by atoms with Gasteiger partial charge < -0.3 is 0 Å². The highest BCUT2D eigenvalue weighted by atomic mass is 32.2. The first kappa shape index (κ1) is 23.4. The van der Waals surface area contributed by atoms with E-state index >= 15 is 0 Å². The van der Waals surface area contributed by atoms with Crippen molar-refractivity contribution in [1.29, 1.82) is 0 Å². The minimum atomic E-state index is -3.33. The Labute approximate surface area is 194 Å². The average Bonchev–Trinajstić information content (AvgIpc) is 2.82. The molecule has 1 aliphatic rings. The van der Waals surface area contributed by atoms with E-state index in [2.05, 4.69) is 9.62 Å². The van der Waals surface area contributed by atoms with Crippen molar-refractivity contribution in [1.82, 2.24) is 9.62 Å². The van der Waals surface area contributed by atoms with Gasteiger partial charge in [0.15, 0.2) is 0 Å². The summed E-state index contributed by atoms with van der Waals surface area (Å²) in [6.45, 7) is 2.96. The molecule has 0 fully saturated rings. The summed E-state index contributed by atoms with van der Waals surface area (Å²) in [4.78, 5) is 13.3. The largest absolute Gasteiger partial charge is 0.316 e. The third-order valence-electron chi connectivity index (χ3n) is 6.25. The van der Waals surface area contributed by atoms with E-state index in [1.807, 2.05) is 48.5 Å². The van der Waals surface area contributed by atoms with Crippen LogP contribution in [0.5, 0.6) is 0 Å². The third-order valence-corrected chi connectivity index (χ3v) is 7.63. The molecule has 4 rings (SSSR count). The van der Waals surface area contributed by atoms with Crippen LogP contribution in [-0.4, -0.2) is 48.8 Å². The average molecular weight is 469 g/mol. The summed E-state index contributed by atoms with van der Waals surface area (Å²) in [6, 6.07) is 19.3. The Morgan fingerprint density at radius 1 is 1.00 bits per heavy atom. The molecular weight excluding hydrogens is 438 g/mol. The predicted octanol–water partition coefficient (Wildman–Crippen LogP) is 3.94. The fourth-order valence-corrected chi connectivity index (χ4v) is 5.52. The summed E-state index contributed by atoms with van der Waals surface area (Å²) in [5.74, 6) is 0.0772. The van der Waals surface area contributed by atoms with E-state index in [0.29, 0.717) is 13.0 Å². The van der Waals surface area contributed by atoms with Gasteiger partial charge in [0, 0.05) is 31.8 Å². The molecule has 8 heteroatoms. The molecule has 0 atom stereocenters. The summed E-state index contributed by atoms with van der Waals surface area (Å²) in [6.07, 6.45) is 3.04. The van der Waals surface area contributed by atoms with Crippen LogP contribution in [0.3, 0.4) is 0 Å². The summed E-state index contributed by atoms with van der Waals surface area (Å²) >= 11 is 0. The summed E-state index contributed by atoms with van der Waals surface area (Å²) in [5.41, 5.74) is 3.56. The molecule has 1 heterocycles. The molecule has 0 aromatic heterocycles. The molecule has 0 unspecified atom stereocenters. The fourth-order valence-electron chi connectivity index (χ4n) is 4.43. The van der Waals surface area contributed by atoms with Gasteiger partial charge in [-0.1, -0.05) is 48.5 Å². The summed E-state index contributed by atoms with van der Waals surface area (Å²) in [7, 11) is -3.33. The van der Waals surface area contributed by atoms with Gasteiger partial charge in [-0.15, -0.1) is 0 Å². The number of rotatable bonds is 10. The van der Waals surface area contributed by atoms with E-state index in [1.54, 1.807) is 12.1 Å². The van der Waals surface area contributed by atoms with Crippen molar-refractivity contribution in [2.45, 2.75) is 32.2 Å².